The third-order valence-corrected chi connectivity index (χ3v) is 5.85. The minimum absolute atomic E-state index is 0.220. The number of para-hydroxylation sites is 2. The molecule has 2 unspecified atom stereocenters. The quantitative estimate of drug-likeness (QED) is 0.472. The van der Waals surface area contributed by atoms with Gasteiger partial charge in [0.25, 0.3) is 0 Å². The second-order valence-electron chi connectivity index (χ2n) is 9.91. The topological polar surface area (TPSA) is 114 Å². The molecule has 8 nitrogen and oxygen atoms in total. The van der Waals surface area contributed by atoms with Gasteiger partial charge in [0.05, 0.1) is 0 Å². The van der Waals surface area contributed by atoms with Gasteiger partial charge in [-0.1, -0.05) is 44.2 Å². The molecule has 0 aliphatic heterocycles. The molecule has 2 atom stereocenters. The predicted octanol–water partition coefficient (Wildman–Crippen LogP) is 4.62. The fourth-order valence-corrected chi connectivity index (χ4v) is 4.22. The first-order valence-corrected chi connectivity index (χ1v) is 12.0. The number of fused-ring (bicyclic) bond motifs is 1. The molecule has 1 aliphatic rings. The van der Waals surface area contributed by atoms with Crippen LogP contribution < -0.4 is 10.6 Å². The highest BCUT2D eigenvalue weighted by molar-refractivity contribution is 5.85. The fraction of sp³-hybridized carbons (Fsp3) is 0.640. The Morgan fingerprint density at radius 1 is 1.21 bits per heavy atom. The summed E-state index contributed by atoms with van der Waals surface area (Å²) in [5, 5.41) is 16.1. The Kier molecular flexibility index (Phi) is 8.72. The number of amides is 2. The van der Waals surface area contributed by atoms with E-state index in [1.165, 1.54) is 19.3 Å². The van der Waals surface area contributed by atoms with Gasteiger partial charge < -0.3 is 24.9 Å². The summed E-state index contributed by atoms with van der Waals surface area (Å²) < 4.78 is 11.0. The number of carbonyl (C=O) groups excluding carboxylic acids is 2. The van der Waals surface area contributed by atoms with Crippen LogP contribution in [-0.2, 0) is 9.53 Å². The zero-order chi connectivity index (χ0) is 23.8. The monoisotopic (exact) mass is 459 g/mol. The van der Waals surface area contributed by atoms with Crippen molar-refractivity contribution in [1.29, 1.82) is 0 Å². The van der Waals surface area contributed by atoms with Crippen LogP contribution in [0.1, 0.15) is 84.1 Å². The molecule has 2 aromatic rings. The van der Waals surface area contributed by atoms with Gasteiger partial charge in [-0.2, -0.15) is 0 Å². The number of carbonyl (C=O) groups is 2. The maximum absolute atomic E-state index is 12.9. The van der Waals surface area contributed by atoms with Gasteiger partial charge in [-0.15, -0.1) is 0 Å². The molecule has 0 bridgehead atoms. The zero-order valence-corrected chi connectivity index (χ0v) is 19.9. The van der Waals surface area contributed by atoms with E-state index in [1.807, 2.05) is 24.3 Å². The van der Waals surface area contributed by atoms with Crippen molar-refractivity contribution in [2.24, 2.45) is 5.92 Å². The molecule has 1 saturated carbocycles. The summed E-state index contributed by atoms with van der Waals surface area (Å²) in [7, 11) is 0. The smallest absolute Gasteiger partial charge is 0.408 e. The van der Waals surface area contributed by atoms with Gasteiger partial charge in [0.2, 0.25) is 11.8 Å². The zero-order valence-electron chi connectivity index (χ0n) is 19.9. The summed E-state index contributed by atoms with van der Waals surface area (Å²) >= 11 is 0. The van der Waals surface area contributed by atoms with Crippen LogP contribution in [0.4, 0.5) is 4.79 Å². The molecule has 8 heteroatoms. The normalized spacial score (nSPS) is 16.8. The van der Waals surface area contributed by atoms with Crippen LogP contribution >= 0.6 is 0 Å². The molecule has 0 radical (unpaired) electrons. The Morgan fingerprint density at radius 3 is 2.64 bits per heavy atom. The molecule has 0 saturated heterocycles. The maximum atomic E-state index is 12.9. The minimum atomic E-state index is -0.841. The molecular weight excluding hydrogens is 422 g/mol. The fourth-order valence-electron chi connectivity index (χ4n) is 4.22. The van der Waals surface area contributed by atoms with E-state index in [0.29, 0.717) is 42.8 Å². The number of aliphatic hydroxyl groups is 1. The molecule has 1 aliphatic carbocycles. The summed E-state index contributed by atoms with van der Waals surface area (Å²) in [6, 6.07) is 6.73. The van der Waals surface area contributed by atoms with Crippen molar-refractivity contribution in [1.82, 2.24) is 15.6 Å². The number of benzene rings is 1. The first-order valence-electron chi connectivity index (χ1n) is 12.0. The maximum Gasteiger partial charge on any atom is 0.408 e. The average molecular weight is 460 g/mol. The molecule has 1 aromatic heterocycles. The van der Waals surface area contributed by atoms with E-state index in [4.69, 9.17) is 9.15 Å². The number of nitrogens with one attached hydrogen (secondary N) is 2. The van der Waals surface area contributed by atoms with Gasteiger partial charge in [-0.25, -0.2) is 9.78 Å². The molecular formula is C25H37N3O5. The first kappa shape index (κ1) is 25.0. The summed E-state index contributed by atoms with van der Waals surface area (Å²) in [6.45, 7) is 5.77. The van der Waals surface area contributed by atoms with Crippen molar-refractivity contribution in [3.63, 3.8) is 0 Å². The van der Waals surface area contributed by atoms with Gasteiger partial charge in [0.1, 0.15) is 23.3 Å². The lowest BCUT2D eigenvalue weighted by molar-refractivity contribution is -0.123. The highest BCUT2D eigenvalue weighted by Crippen LogP contribution is 2.27. The SMILES string of the molecule is CC(C)(C)OC(=O)NC(CC1CCCCC1)C(=O)NCCCC(O)c1nc2ccccc2o1. The number of rotatable bonds is 9. The molecule has 2 amide bonds. The lowest BCUT2D eigenvalue weighted by Crippen LogP contribution is -2.49. The lowest BCUT2D eigenvalue weighted by Gasteiger charge is -2.28. The first-order chi connectivity index (χ1) is 15.7. The molecule has 0 spiro atoms. The van der Waals surface area contributed by atoms with Crippen LogP contribution in [0.2, 0.25) is 0 Å². The van der Waals surface area contributed by atoms with Crippen LogP contribution in [0.15, 0.2) is 28.7 Å². The number of hydrogen-bond donors (Lipinski definition) is 3. The van der Waals surface area contributed by atoms with E-state index in [9.17, 15) is 14.7 Å². The van der Waals surface area contributed by atoms with Crippen molar-refractivity contribution in [3.8, 4) is 0 Å². The number of aromatic nitrogens is 1. The Morgan fingerprint density at radius 2 is 1.94 bits per heavy atom. The number of nitrogens with zero attached hydrogens (tertiary/aromatic N) is 1. The van der Waals surface area contributed by atoms with Crippen LogP contribution in [0.3, 0.4) is 0 Å². The third kappa shape index (κ3) is 8.03. The Labute approximate surface area is 195 Å². The number of hydrogen-bond acceptors (Lipinski definition) is 6. The summed E-state index contributed by atoms with van der Waals surface area (Å²) in [4.78, 5) is 29.5. The Balaban J connectivity index is 1.49. The third-order valence-electron chi connectivity index (χ3n) is 5.85. The van der Waals surface area contributed by atoms with E-state index >= 15 is 0 Å². The summed E-state index contributed by atoms with van der Waals surface area (Å²) in [5.41, 5.74) is 0.716. The van der Waals surface area contributed by atoms with Gasteiger partial charge >= 0.3 is 6.09 Å². The summed E-state index contributed by atoms with van der Waals surface area (Å²) in [6.07, 6.45) is 5.86. The molecule has 3 N–H and O–H groups in total. The van der Waals surface area contributed by atoms with Gasteiger partial charge in [0.15, 0.2) is 5.58 Å². The second kappa shape index (κ2) is 11.5. The number of alkyl carbamates (subject to hydrolysis) is 1. The lowest BCUT2D eigenvalue weighted by atomic mass is 9.84. The average Bonchev–Trinajstić information content (AvgIpc) is 3.20. The van der Waals surface area contributed by atoms with E-state index in [2.05, 4.69) is 15.6 Å². The molecule has 33 heavy (non-hydrogen) atoms. The van der Waals surface area contributed by atoms with E-state index < -0.39 is 23.8 Å². The molecule has 182 valence electrons. The van der Waals surface area contributed by atoms with Crippen molar-refractivity contribution in [2.45, 2.75) is 89.9 Å². The van der Waals surface area contributed by atoms with E-state index in [1.54, 1.807) is 20.8 Å². The van der Waals surface area contributed by atoms with E-state index in [0.717, 1.165) is 12.8 Å². The summed E-state index contributed by atoms with van der Waals surface area (Å²) in [5.74, 6) is 0.484. The number of ether oxygens (including phenoxy) is 1. The second-order valence-corrected chi connectivity index (χ2v) is 9.91. The molecule has 1 heterocycles. The standard InChI is InChI=1S/C25H37N3O5/c1-25(2,3)33-24(31)28-19(16-17-10-5-4-6-11-17)22(30)26-15-9-13-20(29)23-27-18-12-7-8-14-21(18)32-23/h7-8,12,14,17,19-20,29H,4-6,9-11,13,15-16H2,1-3H3,(H,26,30)(H,28,31). The number of oxazole rings is 1. The molecule has 1 aromatic carbocycles. The largest absolute Gasteiger partial charge is 0.444 e. The number of aliphatic hydroxyl groups excluding tert-OH is 1. The Hall–Kier alpha value is -2.61. The van der Waals surface area contributed by atoms with Crippen molar-refractivity contribution >= 4 is 23.1 Å². The van der Waals surface area contributed by atoms with Gasteiger partial charge in [0, 0.05) is 6.54 Å². The van der Waals surface area contributed by atoms with Crippen molar-refractivity contribution in [2.75, 3.05) is 6.54 Å². The van der Waals surface area contributed by atoms with Gasteiger partial charge in [-0.3, -0.25) is 4.79 Å². The van der Waals surface area contributed by atoms with Crippen molar-refractivity contribution < 1.29 is 23.8 Å². The molecule has 1 fully saturated rings. The Bertz CT molecular complexity index is 881. The van der Waals surface area contributed by atoms with Crippen molar-refractivity contribution in [3.05, 3.63) is 30.2 Å². The van der Waals surface area contributed by atoms with E-state index in [-0.39, 0.29) is 11.8 Å². The van der Waals surface area contributed by atoms with Crippen LogP contribution in [-0.4, -0.2) is 40.3 Å². The van der Waals surface area contributed by atoms with Gasteiger partial charge in [-0.05, 0) is 58.1 Å². The minimum Gasteiger partial charge on any atom is -0.444 e. The highest BCUT2D eigenvalue weighted by atomic mass is 16.6. The predicted molar refractivity (Wildman–Crippen MR) is 126 cm³/mol. The van der Waals surface area contributed by atoms with Crippen LogP contribution in [0.25, 0.3) is 11.1 Å². The highest BCUT2D eigenvalue weighted by Gasteiger charge is 2.28. The van der Waals surface area contributed by atoms with Crippen LogP contribution in [0, 0.1) is 5.92 Å². The molecule has 3 rings (SSSR count). The van der Waals surface area contributed by atoms with Crippen LogP contribution in [0.5, 0.6) is 0 Å².